The summed E-state index contributed by atoms with van der Waals surface area (Å²) < 4.78 is 13.1. The van der Waals surface area contributed by atoms with Crippen molar-refractivity contribution in [2.24, 2.45) is 0 Å². The molecular weight excluding hydrogens is 245 g/mol. The van der Waals surface area contributed by atoms with Crippen LogP contribution in [0.15, 0.2) is 42.5 Å². The number of halogens is 1. The first-order chi connectivity index (χ1) is 9.08. The lowest BCUT2D eigenvalue weighted by Crippen LogP contribution is -2.23. The Morgan fingerprint density at radius 2 is 2.00 bits per heavy atom. The maximum Gasteiger partial charge on any atom is 0.251 e. The maximum absolute atomic E-state index is 13.1. The molecule has 0 atom stereocenters. The lowest BCUT2D eigenvalue weighted by atomic mass is 10.1. The van der Waals surface area contributed by atoms with E-state index in [0.717, 1.165) is 0 Å². The van der Waals surface area contributed by atoms with Gasteiger partial charge >= 0.3 is 0 Å². The minimum Gasteiger partial charge on any atom is -0.508 e. The Hall–Kier alpha value is -2.36. The van der Waals surface area contributed by atoms with E-state index >= 15 is 0 Å². The number of para-hydroxylation sites is 1. The van der Waals surface area contributed by atoms with Gasteiger partial charge in [-0.2, -0.15) is 0 Å². The molecule has 0 radical (unpaired) electrons. The highest BCUT2D eigenvalue weighted by Gasteiger charge is 2.10. The summed E-state index contributed by atoms with van der Waals surface area (Å²) in [5.41, 5.74) is 1.62. The van der Waals surface area contributed by atoms with Gasteiger partial charge in [-0.15, -0.1) is 0 Å². The number of nitrogens with one attached hydrogen (secondary N) is 1. The zero-order valence-corrected chi connectivity index (χ0v) is 10.5. The third-order valence-electron chi connectivity index (χ3n) is 2.88. The predicted octanol–water partition coefficient (Wildman–Crippen LogP) is 2.77. The Kier molecular flexibility index (Phi) is 3.80. The van der Waals surface area contributed by atoms with E-state index in [9.17, 15) is 14.3 Å². The molecule has 0 aromatic heterocycles. The molecular formula is C15H14FNO2. The molecule has 2 rings (SSSR count). The Balaban J connectivity index is 2.10. The van der Waals surface area contributed by atoms with Gasteiger partial charge in [-0.05, 0) is 30.7 Å². The number of benzene rings is 2. The summed E-state index contributed by atoms with van der Waals surface area (Å²) in [5.74, 6) is -0.683. The minimum atomic E-state index is -0.446. The van der Waals surface area contributed by atoms with E-state index in [2.05, 4.69) is 5.32 Å². The van der Waals surface area contributed by atoms with Crippen LogP contribution < -0.4 is 5.32 Å². The standard InChI is InChI=1S/C15H14FNO2/c1-10-6-7-12(16)8-13(10)15(19)17-9-11-4-2-3-5-14(11)18/h2-8,18H,9H2,1H3,(H,17,19). The van der Waals surface area contributed by atoms with Crippen molar-refractivity contribution < 1.29 is 14.3 Å². The third-order valence-corrected chi connectivity index (χ3v) is 2.88. The summed E-state index contributed by atoms with van der Waals surface area (Å²) in [5, 5.41) is 12.2. The fraction of sp³-hybridized carbons (Fsp3) is 0.133. The number of phenols is 1. The Bertz CT molecular complexity index is 611. The van der Waals surface area contributed by atoms with Crippen molar-refractivity contribution in [3.05, 3.63) is 65.0 Å². The molecule has 0 bridgehead atoms. The molecule has 3 nitrogen and oxygen atoms in total. The number of aryl methyl sites for hydroxylation is 1. The zero-order valence-electron chi connectivity index (χ0n) is 10.5. The lowest BCUT2D eigenvalue weighted by molar-refractivity contribution is 0.0949. The van der Waals surface area contributed by atoms with E-state index in [4.69, 9.17) is 0 Å². The Morgan fingerprint density at radius 1 is 1.26 bits per heavy atom. The molecule has 98 valence electrons. The third kappa shape index (κ3) is 3.10. The van der Waals surface area contributed by atoms with Gasteiger partial charge in [-0.3, -0.25) is 4.79 Å². The Morgan fingerprint density at radius 3 is 2.74 bits per heavy atom. The molecule has 2 aromatic carbocycles. The van der Waals surface area contributed by atoms with Crippen LogP contribution in [0.3, 0.4) is 0 Å². The second kappa shape index (κ2) is 5.52. The quantitative estimate of drug-likeness (QED) is 0.890. The lowest BCUT2D eigenvalue weighted by Gasteiger charge is -2.09. The van der Waals surface area contributed by atoms with Crippen molar-refractivity contribution >= 4 is 5.91 Å². The molecule has 0 unspecified atom stereocenters. The Labute approximate surface area is 110 Å². The fourth-order valence-electron chi connectivity index (χ4n) is 1.77. The largest absolute Gasteiger partial charge is 0.508 e. The monoisotopic (exact) mass is 259 g/mol. The molecule has 4 heteroatoms. The highest BCUT2D eigenvalue weighted by Crippen LogP contribution is 2.16. The molecule has 0 aliphatic rings. The van der Waals surface area contributed by atoms with Gasteiger partial charge in [-0.1, -0.05) is 24.3 Å². The minimum absolute atomic E-state index is 0.124. The number of hydrogen-bond acceptors (Lipinski definition) is 2. The summed E-state index contributed by atoms with van der Waals surface area (Å²) in [4.78, 5) is 11.9. The van der Waals surface area contributed by atoms with E-state index in [-0.39, 0.29) is 18.2 Å². The molecule has 0 aliphatic heterocycles. The van der Waals surface area contributed by atoms with Crippen molar-refractivity contribution in [3.8, 4) is 5.75 Å². The summed E-state index contributed by atoms with van der Waals surface area (Å²) in [6.45, 7) is 1.94. The molecule has 1 amide bonds. The highest BCUT2D eigenvalue weighted by molar-refractivity contribution is 5.95. The zero-order chi connectivity index (χ0) is 13.8. The van der Waals surface area contributed by atoms with Crippen LogP contribution in [0.1, 0.15) is 21.5 Å². The molecule has 0 spiro atoms. The van der Waals surface area contributed by atoms with Crippen molar-refractivity contribution in [1.29, 1.82) is 0 Å². The molecule has 19 heavy (non-hydrogen) atoms. The SMILES string of the molecule is Cc1ccc(F)cc1C(=O)NCc1ccccc1O. The molecule has 0 heterocycles. The fourth-order valence-corrected chi connectivity index (χ4v) is 1.77. The number of amides is 1. The predicted molar refractivity (Wildman–Crippen MR) is 70.4 cm³/mol. The van der Waals surface area contributed by atoms with Crippen molar-refractivity contribution in [3.63, 3.8) is 0 Å². The second-order valence-electron chi connectivity index (χ2n) is 4.27. The van der Waals surface area contributed by atoms with Gasteiger partial charge in [0.25, 0.3) is 5.91 Å². The van der Waals surface area contributed by atoms with Gasteiger partial charge in [-0.25, -0.2) is 4.39 Å². The van der Waals surface area contributed by atoms with Gasteiger partial charge in [0.05, 0.1) is 0 Å². The van der Waals surface area contributed by atoms with Crippen LogP contribution in [0, 0.1) is 12.7 Å². The molecule has 0 aliphatic carbocycles. The summed E-state index contributed by atoms with van der Waals surface area (Å²) in [6, 6.07) is 10.8. The van der Waals surface area contributed by atoms with Crippen LogP contribution in [0.5, 0.6) is 5.75 Å². The topological polar surface area (TPSA) is 49.3 Å². The molecule has 0 saturated heterocycles. The number of phenolic OH excluding ortho intramolecular Hbond substituents is 1. The molecule has 0 fully saturated rings. The normalized spacial score (nSPS) is 10.2. The van der Waals surface area contributed by atoms with Crippen LogP contribution in [-0.4, -0.2) is 11.0 Å². The van der Waals surface area contributed by atoms with E-state index in [0.29, 0.717) is 16.7 Å². The summed E-state index contributed by atoms with van der Waals surface area (Å²) in [6.07, 6.45) is 0. The van der Waals surface area contributed by atoms with Gasteiger partial charge in [0.2, 0.25) is 0 Å². The summed E-state index contributed by atoms with van der Waals surface area (Å²) >= 11 is 0. The first-order valence-corrected chi connectivity index (χ1v) is 5.89. The average Bonchev–Trinajstić information content (AvgIpc) is 2.40. The van der Waals surface area contributed by atoms with Crippen molar-refractivity contribution in [1.82, 2.24) is 5.32 Å². The van der Waals surface area contributed by atoms with E-state index in [1.165, 1.54) is 12.1 Å². The van der Waals surface area contributed by atoms with Gasteiger partial charge in [0, 0.05) is 17.7 Å². The first-order valence-electron chi connectivity index (χ1n) is 5.89. The van der Waals surface area contributed by atoms with Gasteiger partial charge in [0.15, 0.2) is 0 Å². The van der Waals surface area contributed by atoms with Crippen LogP contribution in [0.4, 0.5) is 4.39 Å². The maximum atomic E-state index is 13.1. The van der Waals surface area contributed by atoms with E-state index in [1.54, 1.807) is 37.3 Å². The van der Waals surface area contributed by atoms with E-state index < -0.39 is 5.82 Å². The average molecular weight is 259 g/mol. The number of aromatic hydroxyl groups is 1. The number of rotatable bonds is 3. The smallest absolute Gasteiger partial charge is 0.251 e. The van der Waals surface area contributed by atoms with Crippen molar-refractivity contribution in [2.75, 3.05) is 0 Å². The van der Waals surface area contributed by atoms with Gasteiger partial charge < -0.3 is 10.4 Å². The molecule has 2 aromatic rings. The molecule has 2 N–H and O–H groups in total. The number of carbonyl (C=O) groups is 1. The first kappa shape index (κ1) is 13.1. The van der Waals surface area contributed by atoms with E-state index in [1.807, 2.05) is 0 Å². The van der Waals surface area contributed by atoms with Crippen LogP contribution in [-0.2, 0) is 6.54 Å². The van der Waals surface area contributed by atoms with Crippen molar-refractivity contribution in [2.45, 2.75) is 13.5 Å². The summed E-state index contributed by atoms with van der Waals surface area (Å²) in [7, 11) is 0. The number of carbonyl (C=O) groups excluding carboxylic acids is 1. The number of hydrogen-bond donors (Lipinski definition) is 2. The molecule has 0 saturated carbocycles. The van der Waals surface area contributed by atoms with Gasteiger partial charge in [0.1, 0.15) is 11.6 Å². The van der Waals surface area contributed by atoms with Crippen LogP contribution in [0.2, 0.25) is 0 Å². The van der Waals surface area contributed by atoms with Crippen LogP contribution >= 0.6 is 0 Å². The van der Waals surface area contributed by atoms with Crippen LogP contribution in [0.25, 0.3) is 0 Å². The highest BCUT2D eigenvalue weighted by atomic mass is 19.1. The second-order valence-corrected chi connectivity index (χ2v) is 4.27.